The van der Waals surface area contributed by atoms with Gasteiger partial charge in [0.1, 0.15) is 5.78 Å². The summed E-state index contributed by atoms with van der Waals surface area (Å²) in [5.41, 5.74) is 0.251. The predicted molar refractivity (Wildman–Crippen MR) is 111 cm³/mol. The lowest BCUT2D eigenvalue weighted by molar-refractivity contribution is -0.157. The highest BCUT2D eigenvalue weighted by molar-refractivity contribution is 5.87. The average Bonchev–Trinajstić information content (AvgIpc) is 3.05. The van der Waals surface area contributed by atoms with Crippen LogP contribution in [-0.4, -0.2) is 18.9 Å². The van der Waals surface area contributed by atoms with Crippen molar-refractivity contribution >= 4 is 11.8 Å². The molecule has 0 radical (unpaired) electrons. The van der Waals surface area contributed by atoms with Gasteiger partial charge in [0, 0.05) is 18.3 Å². The van der Waals surface area contributed by atoms with Gasteiger partial charge in [-0.25, -0.2) is 0 Å². The van der Waals surface area contributed by atoms with Crippen LogP contribution in [0.5, 0.6) is 0 Å². The van der Waals surface area contributed by atoms with E-state index in [4.69, 9.17) is 4.74 Å². The van der Waals surface area contributed by atoms with Gasteiger partial charge in [-0.05, 0) is 85.9 Å². The number of ether oxygens (including phenoxy) is 1. The zero-order valence-corrected chi connectivity index (χ0v) is 18.5. The highest BCUT2D eigenvalue weighted by Crippen LogP contribution is 2.67. The number of esters is 1. The molecule has 4 unspecified atom stereocenters. The topological polar surface area (TPSA) is 43.4 Å². The van der Waals surface area contributed by atoms with E-state index in [1.165, 1.54) is 58.5 Å². The molecule has 0 aromatic carbocycles. The minimum Gasteiger partial charge on any atom is -0.469 e. The zero-order chi connectivity index (χ0) is 20.1. The van der Waals surface area contributed by atoms with Crippen LogP contribution in [0.1, 0.15) is 91.4 Å². The van der Waals surface area contributed by atoms with Crippen LogP contribution in [0.4, 0.5) is 0 Å². The third kappa shape index (κ3) is 2.98. The molecule has 4 aliphatic rings. The molecule has 0 aromatic rings. The van der Waals surface area contributed by atoms with E-state index in [2.05, 4.69) is 20.8 Å². The summed E-state index contributed by atoms with van der Waals surface area (Å²) in [4.78, 5) is 25.3. The molecule has 0 aromatic heterocycles. The fraction of sp³-hybridized carbons (Fsp3) is 0.920. The van der Waals surface area contributed by atoms with Crippen molar-refractivity contribution in [1.82, 2.24) is 0 Å². The first-order chi connectivity index (χ1) is 13.3. The molecule has 0 saturated heterocycles. The fourth-order valence-electron chi connectivity index (χ4n) is 8.59. The van der Waals surface area contributed by atoms with Crippen molar-refractivity contribution in [3.63, 3.8) is 0 Å². The molecule has 0 bridgehead atoms. The van der Waals surface area contributed by atoms with Gasteiger partial charge in [0.2, 0.25) is 0 Å². The Hall–Kier alpha value is -0.860. The SMILES string of the molecule is COC(=O)CC[C@@H](C)C1CCC2C3CC[C@@H]4CCCC[C@]4(C)C3CC(=O)[C@@]21C. The lowest BCUT2D eigenvalue weighted by Crippen LogP contribution is -2.56. The average molecular weight is 389 g/mol. The molecular weight excluding hydrogens is 348 g/mol. The lowest BCUT2D eigenvalue weighted by Gasteiger charge is -2.60. The first-order valence-corrected chi connectivity index (χ1v) is 11.9. The highest BCUT2D eigenvalue weighted by Gasteiger charge is 2.63. The number of carbonyl (C=O) groups is 2. The van der Waals surface area contributed by atoms with Crippen molar-refractivity contribution in [3.05, 3.63) is 0 Å². The Morgan fingerprint density at radius 2 is 1.89 bits per heavy atom. The summed E-state index contributed by atoms with van der Waals surface area (Å²) in [6.45, 7) is 7.10. The summed E-state index contributed by atoms with van der Waals surface area (Å²) >= 11 is 0. The van der Waals surface area contributed by atoms with Gasteiger partial charge >= 0.3 is 5.97 Å². The van der Waals surface area contributed by atoms with Gasteiger partial charge in [0.15, 0.2) is 0 Å². The van der Waals surface area contributed by atoms with Gasteiger partial charge < -0.3 is 4.74 Å². The van der Waals surface area contributed by atoms with E-state index in [9.17, 15) is 9.59 Å². The van der Waals surface area contributed by atoms with Crippen molar-refractivity contribution in [1.29, 1.82) is 0 Å². The number of rotatable bonds is 4. The van der Waals surface area contributed by atoms with Gasteiger partial charge in [0.05, 0.1) is 7.11 Å². The normalized spacial score (nSPS) is 46.3. The molecular formula is C25H40O3. The van der Waals surface area contributed by atoms with Crippen molar-refractivity contribution in [2.24, 2.45) is 46.3 Å². The quantitative estimate of drug-likeness (QED) is 0.571. The number of hydrogen-bond donors (Lipinski definition) is 0. The number of hydrogen-bond acceptors (Lipinski definition) is 3. The van der Waals surface area contributed by atoms with E-state index in [-0.39, 0.29) is 11.4 Å². The smallest absolute Gasteiger partial charge is 0.305 e. The highest BCUT2D eigenvalue weighted by atomic mass is 16.5. The second-order valence-electron chi connectivity index (χ2n) is 11.1. The van der Waals surface area contributed by atoms with E-state index in [1.807, 2.05) is 0 Å². The van der Waals surface area contributed by atoms with Crippen LogP contribution in [0.25, 0.3) is 0 Å². The Kier molecular flexibility index (Phi) is 5.42. The molecule has 3 nitrogen and oxygen atoms in total. The first kappa shape index (κ1) is 20.4. The summed E-state index contributed by atoms with van der Waals surface area (Å²) in [6.07, 6.45) is 12.8. The summed E-state index contributed by atoms with van der Waals surface area (Å²) < 4.78 is 4.84. The van der Waals surface area contributed by atoms with Crippen molar-refractivity contribution in [2.75, 3.05) is 7.11 Å². The van der Waals surface area contributed by atoms with Crippen LogP contribution < -0.4 is 0 Å². The van der Waals surface area contributed by atoms with Gasteiger partial charge in [-0.3, -0.25) is 9.59 Å². The Balaban J connectivity index is 1.55. The molecule has 28 heavy (non-hydrogen) atoms. The maximum absolute atomic E-state index is 13.7. The number of Topliss-reactive ketones (excluding diaryl/α,β-unsaturated/α-hetero) is 1. The Morgan fingerprint density at radius 1 is 1.11 bits per heavy atom. The maximum atomic E-state index is 13.7. The molecule has 8 atom stereocenters. The lowest BCUT2D eigenvalue weighted by atomic mass is 9.44. The standard InChI is InChI=1S/C25H40O3/c1-16(8-13-23(27)28-4)19-11-12-20-18-10-9-17-7-5-6-14-24(17,2)21(18)15-22(26)25(19,20)3/h16-21H,5-15H2,1-4H3/t16-,17+,18?,19?,20?,21?,24+,25-/m1/s1. The van der Waals surface area contributed by atoms with Crippen molar-refractivity contribution < 1.29 is 14.3 Å². The monoisotopic (exact) mass is 388 g/mol. The second-order valence-corrected chi connectivity index (χ2v) is 11.1. The van der Waals surface area contributed by atoms with Gasteiger partial charge in [0.25, 0.3) is 0 Å². The Bertz CT molecular complexity index is 627. The summed E-state index contributed by atoms with van der Waals surface area (Å²) in [7, 11) is 1.47. The van der Waals surface area contributed by atoms with Crippen molar-refractivity contribution in [2.45, 2.75) is 91.4 Å². The van der Waals surface area contributed by atoms with E-state index in [1.54, 1.807) is 0 Å². The molecule has 158 valence electrons. The largest absolute Gasteiger partial charge is 0.469 e. The molecule has 0 heterocycles. The van der Waals surface area contributed by atoms with Crippen LogP contribution in [0.3, 0.4) is 0 Å². The minimum absolute atomic E-state index is 0.120. The summed E-state index contributed by atoms with van der Waals surface area (Å²) in [5.74, 6) is 4.09. The van der Waals surface area contributed by atoms with Crippen LogP contribution >= 0.6 is 0 Å². The molecule has 4 rings (SSSR count). The number of fused-ring (bicyclic) bond motifs is 5. The van der Waals surface area contributed by atoms with E-state index in [0.717, 1.165) is 24.7 Å². The van der Waals surface area contributed by atoms with Crippen LogP contribution in [0.2, 0.25) is 0 Å². The van der Waals surface area contributed by atoms with Gasteiger partial charge in [-0.15, -0.1) is 0 Å². The second kappa shape index (κ2) is 7.43. The number of methoxy groups -OCH3 is 1. The van der Waals surface area contributed by atoms with Gasteiger partial charge in [-0.1, -0.05) is 33.6 Å². The fourth-order valence-corrected chi connectivity index (χ4v) is 8.59. The molecule has 0 amide bonds. The third-order valence-corrected chi connectivity index (χ3v) is 10.2. The van der Waals surface area contributed by atoms with E-state index < -0.39 is 0 Å². The Labute approximate surface area is 171 Å². The van der Waals surface area contributed by atoms with E-state index in [0.29, 0.717) is 41.3 Å². The molecule has 0 spiro atoms. The van der Waals surface area contributed by atoms with Crippen LogP contribution in [0, 0.1) is 46.3 Å². The van der Waals surface area contributed by atoms with Crippen molar-refractivity contribution in [3.8, 4) is 0 Å². The minimum atomic E-state index is -0.158. The number of carbonyl (C=O) groups excluding carboxylic acids is 2. The molecule has 4 saturated carbocycles. The maximum Gasteiger partial charge on any atom is 0.305 e. The van der Waals surface area contributed by atoms with Gasteiger partial charge in [-0.2, -0.15) is 0 Å². The number of ketones is 1. The summed E-state index contributed by atoms with van der Waals surface area (Å²) in [5, 5.41) is 0. The zero-order valence-electron chi connectivity index (χ0n) is 18.5. The molecule has 0 aliphatic heterocycles. The Morgan fingerprint density at radius 3 is 2.64 bits per heavy atom. The van der Waals surface area contributed by atoms with Crippen LogP contribution in [-0.2, 0) is 14.3 Å². The first-order valence-electron chi connectivity index (χ1n) is 11.9. The van der Waals surface area contributed by atoms with E-state index >= 15 is 0 Å². The molecule has 4 fully saturated rings. The summed E-state index contributed by atoms with van der Waals surface area (Å²) in [6, 6.07) is 0. The molecule has 0 N–H and O–H groups in total. The van der Waals surface area contributed by atoms with Crippen LogP contribution in [0.15, 0.2) is 0 Å². The molecule has 3 heteroatoms. The molecule has 4 aliphatic carbocycles. The third-order valence-electron chi connectivity index (χ3n) is 10.2. The predicted octanol–water partition coefficient (Wildman–Crippen LogP) is 5.80.